The Bertz CT molecular complexity index is 1260. The van der Waals surface area contributed by atoms with Gasteiger partial charge in [0.1, 0.15) is 17.6 Å². The molecule has 0 radical (unpaired) electrons. The van der Waals surface area contributed by atoms with Gasteiger partial charge < -0.3 is 9.84 Å². The Morgan fingerprint density at radius 1 is 1.09 bits per heavy atom. The standard InChI is InChI=1S/C26H24ClNO4S/c1-26(2,3)15-10-11-19(32-4)18(13-15)23(29)21-22(20-9-6-12-33-20)28(25(31)24(21)30)17-8-5-7-16(27)14-17/h5-14,22,29H,1-4H3/b23-21+. The summed E-state index contributed by atoms with van der Waals surface area (Å²) in [6.45, 7) is 6.17. The number of rotatable bonds is 4. The highest BCUT2D eigenvalue weighted by atomic mass is 35.5. The summed E-state index contributed by atoms with van der Waals surface area (Å²) >= 11 is 7.58. The van der Waals surface area contributed by atoms with Crippen molar-refractivity contribution in [3.63, 3.8) is 0 Å². The van der Waals surface area contributed by atoms with Crippen molar-refractivity contribution in [3.05, 3.63) is 86.6 Å². The second-order valence-electron chi connectivity index (χ2n) is 8.83. The molecular formula is C26H24ClNO4S. The van der Waals surface area contributed by atoms with E-state index in [9.17, 15) is 14.7 Å². The van der Waals surface area contributed by atoms with Gasteiger partial charge in [-0.05, 0) is 52.8 Å². The van der Waals surface area contributed by atoms with Crippen LogP contribution in [0.15, 0.2) is 65.6 Å². The molecule has 33 heavy (non-hydrogen) atoms. The number of Topliss-reactive ketones (excluding diaryl/α,β-unsaturated/α-hetero) is 1. The fraction of sp³-hybridized carbons (Fsp3) is 0.231. The van der Waals surface area contributed by atoms with Crippen molar-refractivity contribution in [1.29, 1.82) is 0 Å². The smallest absolute Gasteiger partial charge is 0.300 e. The van der Waals surface area contributed by atoms with Gasteiger partial charge in [-0.2, -0.15) is 0 Å². The number of aliphatic hydroxyl groups is 1. The minimum atomic E-state index is -0.786. The number of ketones is 1. The Kier molecular flexibility index (Phi) is 6.08. The van der Waals surface area contributed by atoms with Gasteiger partial charge in [-0.1, -0.05) is 50.6 Å². The van der Waals surface area contributed by atoms with E-state index in [1.165, 1.54) is 23.3 Å². The van der Waals surface area contributed by atoms with Crippen LogP contribution in [0.3, 0.4) is 0 Å². The normalized spacial score (nSPS) is 18.1. The van der Waals surface area contributed by atoms with Crippen molar-refractivity contribution >= 4 is 46.1 Å². The molecule has 3 aromatic rings. The van der Waals surface area contributed by atoms with E-state index in [-0.39, 0.29) is 16.7 Å². The molecule has 0 bridgehead atoms. The van der Waals surface area contributed by atoms with Crippen LogP contribution in [0.25, 0.3) is 5.76 Å². The van der Waals surface area contributed by atoms with Crippen LogP contribution in [0, 0.1) is 0 Å². The van der Waals surface area contributed by atoms with Crippen LogP contribution >= 0.6 is 22.9 Å². The predicted octanol–water partition coefficient (Wildman–Crippen LogP) is 6.33. The number of amides is 1. The lowest BCUT2D eigenvalue weighted by molar-refractivity contribution is -0.132. The third-order valence-corrected chi connectivity index (χ3v) is 6.82. The van der Waals surface area contributed by atoms with Crippen LogP contribution in [0.2, 0.25) is 5.02 Å². The van der Waals surface area contributed by atoms with Gasteiger partial charge in [0, 0.05) is 15.6 Å². The average Bonchev–Trinajstić information content (AvgIpc) is 3.39. The molecule has 2 heterocycles. The molecule has 2 aromatic carbocycles. The van der Waals surface area contributed by atoms with Crippen LogP contribution in [0.4, 0.5) is 5.69 Å². The number of aliphatic hydroxyl groups excluding tert-OH is 1. The van der Waals surface area contributed by atoms with E-state index >= 15 is 0 Å². The summed E-state index contributed by atoms with van der Waals surface area (Å²) in [7, 11) is 1.50. The van der Waals surface area contributed by atoms with E-state index in [0.717, 1.165) is 10.4 Å². The first-order valence-corrected chi connectivity index (χ1v) is 11.7. The lowest BCUT2D eigenvalue weighted by atomic mass is 9.85. The Hall–Kier alpha value is -3.09. The fourth-order valence-corrected chi connectivity index (χ4v) is 4.95. The third kappa shape index (κ3) is 4.16. The predicted molar refractivity (Wildman–Crippen MR) is 132 cm³/mol. The average molecular weight is 482 g/mol. The number of hydrogen-bond donors (Lipinski definition) is 1. The first kappa shape index (κ1) is 23.1. The first-order valence-electron chi connectivity index (χ1n) is 10.4. The van der Waals surface area contributed by atoms with Crippen molar-refractivity contribution in [1.82, 2.24) is 0 Å². The summed E-state index contributed by atoms with van der Waals surface area (Å²) in [6, 6.07) is 15.2. The molecule has 0 spiro atoms. The van der Waals surface area contributed by atoms with E-state index in [4.69, 9.17) is 16.3 Å². The zero-order chi connectivity index (χ0) is 23.9. The molecule has 7 heteroatoms. The van der Waals surface area contributed by atoms with Gasteiger partial charge in [-0.25, -0.2) is 0 Å². The maximum absolute atomic E-state index is 13.3. The van der Waals surface area contributed by atoms with Crippen molar-refractivity contribution in [2.45, 2.75) is 32.2 Å². The second kappa shape index (κ2) is 8.69. The SMILES string of the molecule is COc1ccc(C(C)(C)C)cc1/C(O)=C1\C(=O)C(=O)N(c2cccc(Cl)c2)C1c1cccs1. The summed E-state index contributed by atoms with van der Waals surface area (Å²) in [5.74, 6) is -1.32. The molecular weight excluding hydrogens is 458 g/mol. The first-order chi connectivity index (χ1) is 15.6. The van der Waals surface area contributed by atoms with Crippen molar-refractivity contribution < 1.29 is 19.4 Å². The van der Waals surface area contributed by atoms with Gasteiger partial charge in [0.15, 0.2) is 0 Å². The molecule has 5 nitrogen and oxygen atoms in total. The minimum absolute atomic E-state index is 0.0202. The number of carbonyl (C=O) groups excluding carboxylic acids is 2. The number of ether oxygens (including phenoxy) is 1. The number of benzene rings is 2. The van der Waals surface area contributed by atoms with Gasteiger partial charge >= 0.3 is 0 Å². The molecule has 1 fully saturated rings. The molecule has 1 aromatic heterocycles. The summed E-state index contributed by atoms with van der Waals surface area (Å²) < 4.78 is 5.49. The van der Waals surface area contributed by atoms with Crippen LogP contribution < -0.4 is 9.64 Å². The number of carbonyl (C=O) groups is 2. The molecule has 0 aliphatic carbocycles. The molecule has 1 aliphatic rings. The van der Waals surface area contributed by atoms with Crippen molar-refractivity contribution in [3.8, 4) is 5.75 Å². The van der Waals surface area contributed by atoms with Gasteiger partial charge in [0.2, 0.25) is 0 Å². The maximum Gasteiger partial charge on any atom is 0.300 e. The Balaban J connectivity index is 1.97. The van der Waals surface area contributed by atoms with Gasteiger partial charge in [-0.3, -0.25) is 14.5 Å². The minimum Gasteiger partial charge on any atom is -0.507 e. The summed E-state index contributed by atoms with van der Waals surface area (Å²) in [4.78, 5) is 28.7. The quantitative estimate of drug-likeness (QED) is 0.268. The zero-order valence-corrected chi connectivity index (χ0v) is 20.3. The van der Waals surface area contributed by atoms with Crippen LogP contribution in [-0.4, -0.2) is 23.9 Å². The number of halogens is 1. The number of hydrogen-bond acceptors (Lipinski definition) is 5. The highest BCUT2D eigenvalue weighted by Gasteiger charge is 2.47. The molecule has 1 atom stereocenters. The number of thiophene rings is 1. The molecule has 1 unspecified atom stereocenters. The second-order valence-corrected chi connectivity index (χ2v) is 10.2. The number of anilines is 1. The van der Waals surface area contributed by atoms with E-state index in [0.29, 0.717) is 22.0 Å². The monoisotopic (exact) mass is 481 g/mol. The molecule has 1 N–H and O–H groups in total. The molecule has 4 rings (SSSR count). The molecule has 1 saturated heterocycles. The zero-order valence-electron chi connectivity index (χ0n) is 18.8. The fourth-order valence-electron chi connectivity index (χ4n) is 3.95. The lowest BCUT2D eigenvalue weighted by Crippen LogP contribution is -2.29. The summed E-state index contributed by atoms with van der Waals surface area (Å²) in [6.07, 6.45) is 0. The number of nitrogens with zero attached hydrogens (tertiary/aromatic N) is 1. The molecule has 1 amide bonds. The topological polar surface area (TPSA) is 66.8 Å². The van der Waals surface area contributed by atoms with Crippen molar-refractivity contribution in [2.75, 3.05) is 12.0 Å². The largest absolute Gasteiger partial charge is 0.507 e. The van der Waals surface area contributed by atoms with Crippen molar-refractivity contribution in [2.24, 2.45) is 0 Å². The Labute approximate surface area is 201 Å². The molecule has 170 valence electrons. The highest BCUT2D eigenvalue weighted by Crippen LogP contribution is 2.45. The third-order valence-electron chi connectivity index (χ3n) is 5.66. The molecule has 0 saturated carbocycles. The van der Waals surface area contributed by atoms with Gasteiger partial charge in [0.05, 0.1) is 18.2 Å². The highest BCUT2D eigenvalue weighted by molar-refractivity contribution is 7.10. The summed E-state index contributed by atoms with van der Waals surface area (Å²) in [5.41, 5.74) is 1.64. The van der Waals surface area contributed by atoms with Crippen LogP contribution in [0.5, 0.6) is 5.75 Å². The Morgan fingerprint density at radius 3 is 2.45 bits per heavy atom. The van der Waals surface area contributed by atoms with E-state index in [1.807, 2.05) is 29.6 Å². The van der Waals surface area contributed by atoms with E-state index in [1.54, 1.807) is 30.3 Å². The van der Waals surface area contributed by atoms with Crippen LogP contribution in [-0.2, 0) is 15.0 Å². The lowest BCUT2D eigenvalue weighted by Gasteiger charge is -2.25. The Morgan fingerprint density at radius 2 is 1.85 bits per heavy atom. The van der Waals surface area contributed by atoms with Crippen LogP contribution in [0.1, 0.15) is 42.8 Å². The van der Waals surface area contributed by atoms with E-state index < -0.39 is 17.7 Å². The van der Waals surface area contributed by atoms with Gasteiger partial charge in [-0.15, -0.1) is 11.3 Å². The summed E-state index contributed by atoms with van der Waals surface area (Å²) in [5, 5.41) is 13.8. The molecule has 1 aliphatic heterocycles. The number of methoxy groups -OCH3 is 1. The maximum atomic E-state index is 13.3. The van der Waals surface area contributed by atoms with Gasteiger partial charge in [0.25, 0.3) is 11.7 Å². The van der Waals surface area contributed by atoms with E-state index in [2.05, 4.69) is 20.8 Å².